The van der Waals surface area contributed by atoms with Crippen LogP contribution in [0.3, 0.4) is 0 Å². The SMILES string of the molecule is CCn1nccc1CNc1cc([N+](=O)[O-])ccc1Cl. The molecule has 0 radical (unpaired) electrons. The molecule has 0 aliphatic heterocycles. The minimum Gasteiger partial charge on any atom is -0.378 e. The van der Waals surface area contributed by atoms with Crippen molar-refractivity contribution in [1.82, 2.24) is 9.78 Å². The molecule has 0 spiro atoms. The van der Waals surface area contributed by atoms with Gasteiger partial charge in [-0.1, -0.05) is 11.6 Å². The normalized spacial score (nSPS) is 10.4. The molecule has 0 bridgehead atoms. The summed E-state index contributed by atoms with van der Waals surface area (Å²) in [5, 5.41) is 18.4. The van der Waals surface area contributed by atoms with Gasteiger partial charge in [-0.05, 0) is 19.1 Å². The van der Waals surface area contributed by atoms with Gasteiger partial charge < -0.3 is 5.32 Å². The summed E-state index contributed by atoms with van der Waals surface area (Å²) < 4.78 is 1.85. The summed E-state index contributed by atoms with van der Waals surface area (Å²) in [5.74, 6) is 0. The lowest BCUT2D eigenvalue weighted by Crippen LogP contribution is -2.08. The summed E-state index contributed by atoms with van der Waals surface area (Å²) in [6.07, 6.45) is 1.72. The van der Waals surface area contributed by atoms with Crippen molar-refractivity contribution in [1.29, 1.82) is 0 Å². The maximum absolute atomic E-state index is 10.7. The molecule has 6 nitrogen and oxygen atoms in total. The van der Waals surface area contributed by atoms with Gasteiger partial charge >= 0.3 is 0 Å². The maximum atomic E-state index is 10.7. The van der Waals surface area contributed by atoms with Crippen molar-refractivity contribution in [3.8, 4) is 0 Å². The number of nitro benzene ring substituents is 1. The van der Waals surface area contributed by atoms with Crippen LogP contribution in [0.5, 0.6) is 0 Å². The van der Waals surface area contributed by atoms with Gasteiger partial charge in [-0.25, -0.2) is 0 Å². The number of non-ortho nitro benzene ring substituents is 1. The van der Waals surface area contributed by atoms with Crippen molar-refractivity contribution in [2.45, 2.75) is 20.0 Å². The van der Waals surface area contributed by atoms with Crippen LogP contribution in [0.2, 0.25) is 5.02 Å². The number of anilines is 1. The Kier molecular flexibility index (Phi) is 4.01. The highest BCUT2D eigenvalue weighted by molar-refractivity contribution is 6.33. The number of benzene rings is 1. The van der Waals surface area contributed by atoms with E-state index in [0.717, 1.165) is 12.2 Å². The largest absolute Gasteiger partial charge is 0.378 e. The Balaban J connectivity index is 2.15. The molecule has 1 heterocycles. The first kappa shape index (κ1) is 13.4. The molecular formula is C12H13ClN4O2. The fourth-order valence-corrected chi connectivity index (χ4v) is 1.93. The second-order valence-corrected chi connectivity index (χ2v) is 4.32. The first-order chi connectivity index (χ1) is 9.11. The van der Waals surface area contributed by atoms with Gasteiger partial charge in [0.05, 0.1) is 27.9 Å². The molecule has 19 heavy (non-hydrogen) atoms. The lowest BCUT2D eigenvalue weighted by atomic mass is 10.2. The average molecular weight is 281 g/mol. The summed E-state index contributed by atoms with van der Waals surface area (Å²) in [6.45, 7) is 3.28. The number of halogens is 1. The molecular weight excluding hydrogens is 268 g/mol. The van der Waals surface area contributed by atoms with E-state index >= 15 is 0 Å². The minimum absolute atomic E-state index is 0.0101. The molecule has 1 aromatic carbocycles. The molecule has 0 fully saturated rings. The highest BCUT2D eigenvalue weighted by Crippen LogP contribution is 2.27. The van der Waals surface area contributed by atoms with Crippen LogP contribution in [0, 0.1) is 10.1 Å². The third kappa shape index (κ3) is 3.03. The van der Waals surface area contributed by atoms with Gasteiger partial charge in [-0.3, -0.25) is 14.8 Å². The standard InChI is InChI=1S/C12H13ClN4O2/c1-2-16-10(5-6-15-16)8-14-12-7-9(17(18)19)3-4-11(12)13/h3-7,14H,2,8H2,1H3. The predicted octanol–water partition coefficient (Wildman–Crippen LogP) is 3.08. The van der Waals surface area contributed by atoms with Gasteiger partial charge in [0.1, 0.15) is 0 Å². The van der Waals surface area contributed by atoms with Crippen molar-refractivity contribution in [2.75, 3.05) is 5.32 Å². The van der Waals surface area contributed by atoms with E-state index in [1.807, 2.05) is 17.7 Å². The van der Waals surface area contributed by atoms with Gasteiger partial charge in [0.2, 0.25) is 0 Å². The molecule has 0 atom stereocenters. The van der Waals surface area contributed by atoms with Gasteiger partial charge in [-0.2, -0.15) is 5.10 Å². The molecule has 0 saturated carbocycles. The first-order valence-electron chi connectivity index (χ1n) is 5.80. The van der Waals surface area contributed by atoms with Gasteiger partial charge in [0.15, 0.2) is 0 Å². The highest BCUT2D eigenvalue weighted by atomic mass is 35.5. The van der Waals surface area contributed by atoms with Crippen molar-refractivity contribution >= 4 is 23.0 Å². The third-order valence-electron chi connectivity index (χ3n) is 2.72. The molecule has 0 unspecified atom stereocenters. The van der Waals surface area contributed by atoms with Crippen LogP contribution in [0.25, 0.3) is 0 Å². The Morgan fingerprint density at radius 1 is 1.47 bits per heavy atom. The summed E-state index contributed by atoms with van der Waals surface area (Å²) in [4.78, 5) is 10.3. The Labute approximate surface area is 115 Å². The summed E-state index contributed by atoms with van der Waals surface area (Å²) in [5.41, 5.74) is 1.54. The molecule has 0 saturated heterocycles. The van der Waals surface area contributed by atoms with E-state index in [-0.39, 0.29) is 5.69 Å². The zero-order chi connectivity index (χ0) is 13.8. The van der Waals surface area contributed by atoms with E-state index in [9.17, 15) is 10.1 Å². The Morgan fingerprint density at radius 2 is 2.26 bits per heavy atom. The van der Waals surface area contributed by atoms with Crippen molar-refractivity contribution in [2.24, 2.45) is 0 Å². The fraction of sp³-hybridized carbons (Fsp3) is 0.250. The van der Waals surface area contributed by atoms with Crippen LogP contribution in [0.15, 0.2) is 30.5 Å². The lowest BCUT2D eigenvalue weighted by molar-refractivity contribution is -0.384. The molecule has 100 valence electrons. The van der Waals surface area contributed by atoms with Crippen LogP contribution in [-0.4, -0.2) is 14.7 Å². The van der Waals surface area contributed by atoms with Gasteiger partial charge in [0, 0.05) is 24.9 Å². The van der Waals surface area contributed by atoms with E-state index in [1.54, 1.807) is 6.20 Å². The molecule has 1 N–H and O–H groups in total. The number of hydrogen-bond donors (Lipinski definition) is 1. The van der Waals surface area contributed by atoms with Crippen molar-refractivity contribution in [3.63, 3.8) is 0 Å². The Morgan fingerprint density at radius 3 is 2.95 bits per heavy atom. The highest BCUT2D eigenvalue weighted by Gasteiger charge is 2.10. The molecule has 0 aliphatic rings. The molecule has 7 heteroatoms. The van der Waals surface area contributed by atoms with Crippen LogP contribution < -0.4 is 5.32 Å². The van der Waals surface area contributed by atoms with Crippen molar-refractivity contribution < 1.29 is 4.92 Å². The molecule has 1 aromatic heterocycles. The summed E-state index contributed by atoms with van der Waals surface area (Å²) >= 11 is 6.01. The number of nitro groups is 1. The molecule has 2 aromatic rings. The summed E-state index contributed by atoms with van der Waals surface area (Å²) in [7, 11) is 0. The summed E-state index contributed by atoms with van der Waals surface area (Å²) in [6, 6.07) is 6.21. The van der Waals surface area contributed by atoms with Crippen LogP contribution in [0.1, 0.15) is 12.6 Å². The Bertz CT molecular complexity index is 597. The lowest BCUT2D eigenvalue weighted by Gasteiger charge is -2.09. The molecule has 2 rings (SSSR count). The predicted molar refractivity (Wildman–Crippen MR) is 73.3 cm³/mol. The molecule has 0 aliphatic carbocycles. The van der Waals surface area contributed by atoms with E-state index in [0.29, 0.717) is 17.3 Å². The number of aryl methyl sites for hydroxylation is 1. The van der Waals surface area contributed by atoms with E-state index in [4.69, 9.17) is 11.6 Å². The topological polar surface area (TPSA) is 73.0 Å². The number of aromatic nitrogens is 2. The van der Waals surface area contributed by atoms with E-state index < -0.39 is 4.92 Å². The first-order valence-corrected chi connectivity index (χ1v) is 6.18. The van der Waals surface area contributed by atoms with Crippen LogP contribution >= 0.6 is 11.6 Å². The smallest absolute Gasteiger partial charge is 0.271 e. The van der Waals surface area contributed by atoms with E-state index in [1.165, 1.54) is 18.2 Å². The maximum Gasteiger partial charge on any atom is 0.271 e. The number of nitrogens with zero attached hydrogens (tertiary/aromatic N) is 3. The third-order valence-corrected chi connectivity index (χ3v) is 3.05. The van der Waals surface area contributed by atoms with E-state index in [2.05, 4.69) is 10.4 Å². The van der Waals surface area contributed by atoms with Crippen LogP contribution in [-0.2, 0) is 13.1 Å². The zero-order valence-electron chi connectivity index (χ0n) is 10.3. The monoisotopic (exact) mass is 280 g/mol. The fourth-order valence-electron chi connectivity index (χ4n) is 1.74. The number of rotatable bonds is 5. The van der Waals surface area contributed by atoms with Crippen LogP contribution in [0.4, 0.5) is 11.4 Å². The molecule has 0 amide bonds. The second kappa shape index (κ2) is 5.71. The number of hydrogen-bond acceptors (Lipinski definition) is 4. The second-order valence-electron chi connectivity index (χ2n) is 3.91. The van der Waals surface area contributed by atoms with Gasteiger partial charge in [-0.15, -0.1) is 0 Å². The number of nitrogens with one attached hydrogen (secondary N) is 1. The quantitative estimate of drug-likeness (QED) is 0.675. The average Bonchev–Trinajstić information content (AvgIpc) is 2.85. The van der Waals surface area contributed by atoms with Crippen molar-refractivity contribution in [3.05, 3.63) is 51.3 Å². The Hall–Kier alpha value is -2.08. The zero-order valence-corrected chi connectivity index (χ0v) is 11.1. The van der Waals surface area contributed by atoms with Gasteiger partial charge in [0.25, 0.3) is 5.69 Å². The minimum atomic E-state index is -0.447.